The number of benzene rings is 2. The number of aryl methyl sites for hydroxylation is 1. The smallest absolute Gasteiger partial charge is 0.227 e. The van der Waals surface area contributed by atoms with Crippen LogP contribution in [0.1, 0.15) is 49.8 Å². The van der Waals surface area contributed by atoms with E-state index in [1.807, 2.05) is 0 Å². The summed E-state index contributed by atoms with van der Waals surface area (Å²) in [6.07, 6.45) is 4.02. The lowest BCUT2D eigenvalue weighted by Gasteiger charge is -2.39. The molecule has 2 aromatic carbocycles. The van der Waals surface area contributed by atoms with Gasteiger partial charge in [-0.2, -0.15) is 0 Å². The molecule has 2 aliphatic rings. The van der Waals surface area contributed by atoms with Crippen molar-refractivity contribution < 1.29 is 9.53 Å². The Balaban J connectivity index is 1.28. The van der Waals surface area contributed by atoms with Crippen LogP contribution in [0.5, 0.6) is 5.75 Å². The molecule has 1 spiro atoms. The predicted molar refractivity (Wildman–Crippen MR) is 130 cm³/mol. The van der Waals surface area contributed by atoms with E-state index in [4.69, 9.17) is 4.74 Å². The number of hydrogen-bond acceptors (Lipinski definition) is 3. The maximum Gasteiger partial charge on any atom is 0.227 e. The van der Waals surface area contributed by atoms with Crippen molar-refractivity contribution in [3.05, 3.63) is 65.2 Å². The van der Waals surface area contributed by atoms with Gasteiger partial charge in [-0.05, 0) is 62.2 Å². The van der Waals surface area contributed by atoms with Gasteiger partial charge in [0.05, 0.1) is 13.0 Å². The summed E-state index contributed by atoms with van der Waals surface area (Å²) in [5, 5.41) is 0. The van der Waals surface area contributed by atoms with E-state index in [2.05, 4.69) is 79.1 Å². The van der Waals surface area contributed by atoms with Crippen LogP contribution in [0.4, 0.5) is 0 Å². The summed E-state index contributed by atoms with van der Waals surface area (Å²) in [6.45, 7) is 12.2. The quantitative estimate of drug-likeness (QED) is 0.609. The number of likely N-dealkylation sites (tertiary alicyclic amines) is 2. The van der Waals surface area contributed by atoms with Crippen LogP contribution >= 0.6 is 0 Å². The van der Waals surface area contributed by atoms with Crippen molar-refractivity contribution in [1.82, 2.24) is 9.80 Å². The zero-order chi connectivity index (χ0) is 22.6. The number of carbonyl (C=O) groups is 1. The molecule has 1 amide bonds. The summed E-state index contributed by atoms with van der Waals surface area (Å²) in [6, 6.07) is 16.8. The third-order valence-corrected chi connectivity index (χ3v) is 7.12. The standard InChI is InChI=1S/C28H38N2O2/c1-22(2)20-32-26-7-5-4-6-25(26)19-29-15-12-28(13-16-29)14-17-30(21-28)27(31)18-24-10-8-23(3)9-11-24/h4-11,22H,12-21H2,1-3H3. The summed E-state index contributed by atoms with van der Waals surface area (Å²) >= 11 is 0. The Morgan fingerprint density at radius 3 is 2.41 bits per heavy atom. The second-order valence-electron chi connectivity index (χ2n) is 10.3. The van der Waals surface area contributed by atoms with Crippen molar-refractivity contribution in [2.24, 2.45) is 11.3 Å². The van der Waals surface area contributed by atoms with E-state index in [1.165, 1.54) is 24.0 Å². The van der Waals surface area contributed by atoms with E-state index < -0.39 is 0 Å². The van der Waals surface area contributed by atoms with Crippen LogP contribution in [0.2, 0.25) is 0 Å². The Hall–Kier alpha value is -2.33. The van der Waals surface area contributed by atoms with Gasteiger partial charge in [0, 0.05) is 25.2 Å². The average molecular weight is 435 g/mol. The minimum atomic E-state index is 0.282. The van der Waals surface area contributed by atoms with Crippen molar-refractivity contribution in [3.8, 4) is 5.75 Å². The first-order valence-electron chi connectivity index (χ1n) is 12.2. The van der Waals surface area contributed by atoms with Gasteiger partial charge in [-0.3, -0.25) is 9.69 Å². The lowest BCUT2D eigenvalue weighted by molar-refractivity contribution is -0.130. The van der Waals surface area contributed by atoms with Crippen LogP contribution in [0.15, 0.2) is 48.5 Å². The van der Waals surface area contributed by atoms with Gasteiger partial charge >= 0.3 is 0 Å². The molecule has 2 heterocycles. The Morgan fingerprint density at radius 1 is 1.00 bits per heavy atom. The Morgan fingerprint density at radius 2 is 1.69 bits per heavy atom. The molecule has 4 rings (SSSR count). The number of para-hydroxylation sites is 1. The van der Waals surface area contributed by atoms with Crippen LogP contribution in [0.3, 0.4) is 0 Å². The van der Waals surface area contributed by atoms with Gasteiger partial charge in [-0.25, -0.2) is 0 Å². The van der Waals surface area contributed by atoms with Gasteiger partial charge < -0.3 is 9.64 Å². The lowest BCUT2D eigenvalue weighted by atomic mass is 9.77. The number of hydrogen-bond donors (Lipinski definition) is 0. The minimum Gasteiger partial charge on any atom is -0.493 e. The number of piperidine rings is 1. The molecule has 0 atom stereocenters. The molecule has 4 heteroatoms. The molecular formula is C28H38N2O2. The molecular weight excluding hydrogens is 396 g/mol. The van der Waals surface area contributed by atoms with Crippen molar-refractivity contribution in [1.29, 1.82) is 0 Å². The molecule has 0 radical (unpaired) electrons. The van der Waals surface area contributed by atoms with Crippen molar-refractivity contribution in [2.75, 3.05) is 32.8 Å². The summed E-state index contributed by atoms with van der Waals surface area (Å²) in [5.74, 6) is 1.83. The second-order valence-corrected chi connectivity index (χ2v) is 10.3. The molecule has 2 fully saturated rings. The van der Waals surface area contributed by atoms with Gasteiger partial charge in [-0.1, -0.05) is 61.9 Å². The third kappa shape index (κ3) is 5.72. The van der Waals surface area contributed by atoms with Gasteiger partial charge in [0.2, 0.25) is 5.91 Å². The maximum atomic E-state index is 12.9. The predicted octanol–water partition coefficient (Wildman–Crippen LogP) is 5.09. The molecule has 4 nitrogen and oxygen atoms in total. The first-order valence-corrected chi connectivity index (χ1v) is 12.2. The molecule has 0 aromatic heterocycles. The van der Waals surface area contributed by atoms with Gasteiger partial charge in [-0.15, -0.1) is 0 Å². The normalized spacial score (nSPS) is 18.4. The largest absolute Gasteiger partial charge is 0.493 e. The fourth-order valence-electron chi connectivity index (χ4n) is 5.01. The van der Waals surface area contributed by atoms with E-state index >= 15 is 0 Å². The van der Waals surface area contributed by atoms with Crippen LogP contribution in [-0.4, -0.2) is 48.5 Å². The monoisotopic (exact) mass is 434 g/mol. The van der Waals surface area contributed by atoms with Gasteiger partial charge in [0.15, 0.2) is 0 Å². The summed E-state index contributed by atoms with van der Waals surface area (Å²) in [5.41, 5.74) is 3.95. The summed E-state index contributed by atoms with van der Waals surface area (Å²) < 4.78 is 6.06. The molecule has 2 aliphatic heterocycles. The molecule has 0 bridgehead atoms. The fourth-order valence-corrected chi connectivity index (χ4v) is 5.01. The van der Waals surface area contributed by atoms with Crippen molar-refractivity contribution in [2.45, 2.75) is 53.0 Å². The molecule has 2 aromatic rings. The summed E-state index contributed by atoms with van der Waals surface area (Å²) in [7, 11) is 0. The average Bonchev–Trinajstić information content (AvgIpc) is 3.20. The molecule has 32 heavy (non-hydrogen) atoms. The molecule has 2 saturated heterocycles. The lowest BCUT2D eigenvalue weighted by Crippen LogP contribution is -2.42. The van der Waals surface area contributed by atoms with Crippen LogP contribution < -0.4 is 4.74 Å². The highest BCUT2D eigenvalue weighted by atomic mass is 16.5. The highest BCUT2D eigenvalue weighted by Gasteiger charge is 2.41. The van der Waals surface area contributed by atoms with E-state index in [1.54, 1.807) is 0 Å². The Kier molecular flexibility index (Phi) is 7.20. The molecule has 0 N–H and O–H groups in total. The van der Waals surface area contributed by atoms with Crippen LogP contribution in [-0.2, 0) is 17.8 Å². The van der Waals surface area contributed by atoms with Crippen molar-refractivity contribution in [3.63, 3.8) is 0 Å². The van der Waals surface area contributed by atoms with Gasteiger partial charge in [0.25, 0.3) is 0 Å². The number of amides is 1. The van der Waals surface area contributed by atoms with E-state index in [0.29, 0.717) is 17.8 Å². The highest BCUT2D eigenvalue weighted by molar-refractivity contribution is 5.79. The molecule has 0 unspecified atom stereocenters. The molecule has 172 valence electrons. The number of nitrogens with zero attached hydrogens (tertiary/aromatic N) is 2. The van der Waals surface area contributed by atoms with E-state index in [0.717, 1.165) is 57.1 Å². The van der Waals surface area contributed by atoms with Crippen molar-refractivity contribution >= 4 is 5.91 Å². The van der Waals surface area contributed by atoms with E-state index in [-0.39, 0.29) is 5.91 Å². The first-order chi connectivity index (χ1) is 15.4. The zero-order valence-electron chi connectivity index (χ0n) is 20.0. The van der Waals surface area contributed by atoms with Crippen LogP contribution in [0.25, 0.3) is 0 Å². The number of ether oxygens (including phenoxy) is 1. The maximum absolute atomic E-state index is 12.9. The topological polar surface area (TPSA) is 32.8 Å². The first kappa shape index (κ1) is 22.8. The number of carbonyl (C=O) groups excluding carboxylic acids is 1. The zero-order valence-corrected chi connectivity index (χ0v) is 20.0. The minimum absolute atomic E-state index is 0.282. The third-order valence-electron chi connectivity index (χ3n) is 7.12. The Labute approximate surface area is 193 Å². The molecule has 0 aliphatic carbocycles. The number of rotatable bonds is 7. The fraction of sp³-hybridized carbons (Fsp3) is 0.536. The van der Waals surface area contributed by atoms with Gasteiger partial charge in [0.1, 0.15) is 5.75 Å². The summed E-state index contributed by atoms with van der Waals surface area (Å²) in [4.78, 5) is 17.6. The Bertz CT molecular complexity index is 898. The SMILES string of the molecule is Cc1ccc(CC(=O)N2CCC3(CCN(Cc4ccccc4OCC(C)C)CC3)C2)cc1. The van der Waals surface area contributed by atoms with Crippen LogP contribution in [0, 0.1) is 18.3 Å². The second kappa shape index (κ2) is 10.1. The highest BCUT2D eigenvalue weighted by Crippen LogP contribution is 2.41. The van der Waals surface area contributed by atoms with E-state index in [9.17, 15) is 4.79 Å². The molecule has 0 saturated carbocycles.